The topological polar surface area (TPSA) is 124 Å². The second-order valence-electron chi connectivity index (χ2n) is 11.9. The van der Waals surface area contributed by atoms with Gasteiger partial charge >= 0.3 is 0 Å². The van der Waals surface area contributed by atoms with Crippen LogP contribution in [0, 0.1) is 18.3 Å². The van der Waals surface area contributed by atoms with Crippen LogP contribution in [0.5, 0.6) is 0 Å². The molecule has 5 atom stereocenters. The third-order valence-corrected chi connectivity index (χ3v) is 8.67. The Morgan fingerprint density at radius 2 is 1.92 bits per heavy atom. The summed E-state index contributed by atoms with van der Waals surface area (Å²) in [7, 11) is 0. The molecule has 4 N–H and O–H groups in total. The van der Waals surface area contributed by atoms with Crippen molar-refractivity contribution < 1.29 is 19.5 Å². The Morgan fingerprint density at radius 3 is 2.51 bits per heavy atom. The minimum Gasteiger partial charge on any atom is -0.391 e. The Kier molecular flexibility index (Phi) is 9.08. The van der Waals surface area contributed by atoms with Crippen LogP contribution in [-0.4, -0.2) is 70.5 Å². The first kappa shape index (κ1) is 29.2. The number of β-amino-alcohol motifs (C(OH)–C–C–N with tert-alkyl or cyclic N) is 1. The van der Waals surface area contributed by atoms with Crippen LogP contribution in [0.25, 0.3) is 10.4 Å². The maximum Gasteiger partial charge on any atom is 0.246 e. The predicted molar refractivity (Wildman–Crippen MR) is 152 cm³/mol. The molecule has 0 aliphatic carbocycles. The SMILES string of the molecule is Cc1ncsc1-c1ccc(C(C)NC(=O)[C@@H]2C[C@@H](O)CN2C(=O)C(NC(=O)CC2CCNC2)C(C)(C)C)cc1. The van der Waals surface area contributed by atoms with Crippen molar-refractivity contribution in [2.75, 3.05) is 19.6 Å². The van der Waals surface area contributed by atoms with E-state index in [1.54, 1.807) is 11.3 Å². The van der Waals surface area contributed by atoms with Crippen molar-refractivity contribution in [3.63, 3.8) is 0 Å². The maximum absolute atomic E-state index is 13.8. The van der Waals surface area contributed by atoms with Gasteiger partial charge in [-0.2, -0.15) is 0 Å². The molecule has 2 aliphatic heterocycles. The van der Waals surface area contributed by atoms with E-state index < -0.39 is 23.6 Å². The fourth-order valence-corrected chi connectivity index (χ4v) is 6.20. The Balaban J connectivity index is 1.43. The largest absolute Gasteiger partial charge is 0.391 e. The van der Waals surface area contributed by atoms with E-state index in [4.69, 9.17) is 0 Å². The van der Waals surface area contributed by atoms with Crippen LogP contribution in [-0.2, 0) is 14.4 Å². The number of nitrogens with one attached hydrogen (secondary N) is 3. The molecule has 2 saturated heterocycles. The summed E-state index contributed by atoms with van der Waals surface area (Å²) in [4.78, 5) is 46.9. The number of aryl methyl sites for hydroxylation is 1. The molecule has 3 heterocycles. The molecule has 2 aromatic rings. The molecule has 3 unspecified atom stereocenters. The molecule has 39 heavy (non-hydrogen) atoms. The summed E-state index contributed by atoms with van der Waals surface area (Å²) < 4.78 is 0. The van der Waals surface area contributed by atoms with Crippen molar-refractivity contribution in [2.45, 2.75) is 78.1 Å². The van der Waals surface area contributed by atoms with E-state index in [2.05, 4.69) is 20.9 Å². The molecule has 3 amide bonds. The minimum absolute atomic E-state index is 0.0587. The number of aliphatic hydroxyl groups excluding tert-OH is 1. The van der Waals surface area contributed by atoms with E-state index in [0.29, 0.717) is 6.42 Å². The summed E-state index contributed by atoms with van der Waals surface area (Å²) in [6, 6.07) is 6.10. The molecule has 2 fully saturated rings. The monoisotopic (exact) mass is 555 g/mol. The van der Waals surface area contributed by atoms with E-state index in [1.807, 2.05) is 64.4 Å². The predicted octanol–water partition coefficient (Wildman–Crippen LogP) is 2.79. The fourth-order valence-electron chi connectivity index (χ4n) is 5.39. The third kappa shape index (κ3) is 7.04. The van der Waals surface area contributed by atoms with Crippen molar-refractivity contribution >= 4 is 29.1 Å². The van der Waals surface area contributed by atoms with Gasteiger partial charge in [0.25, 0.3) is 0 Å². The third-order valence-electron chi connectivity index (χ3n) is 7.70. The number of rotatable bonds is 8. The number of hydrogen-bond acceptors (Lipinski definition) is 7. The average Bonchev–Trinajstić information content (AvgIpc) is 3.63. The Hall–Kier alpha value is -2.82. The summed E-state index contributed by atoms with van der Waals surface area (Å²) in [5.41, 5.74) is 4.26. The molecule has 10 heteroatoms. The van der Waals surface area contributed by atoms with Crippen molar-refractivity contribution in [1.82, 2.24) is 25.8 Å². The number of amides is 3. The number of hydrogen-bond donors (Lipinski definition) is 4. The van der Waals surface area contributed by atoms with Gasteiger partial charge in [-0.15, -0.1) is 11.3 Å². The van der Waals surface area contributed by atoms with Gasteiger partial charge in [0, 0.05) is 19.4 Å². The highest BCUT2D eigenvalue weighted by atomic mass is 32.1. The minimum atomic E-state index is -0.810. The number of thiazole rings is 1. The Morgan fingerprint density at radius 1 is 1.21 bits per heavy atom. The molecular weight excluding hydrogens is 514 g/mol. The number of likely N-dealkylation sites (tertiary alicyclic amines) is 1. The van der Waals surface area contributed by atoms with Crippen LogP contribution >= 0.6 is 11.3 Å². The Labute approximate surface area is 234 Å². The lowest BCUT2D eigenvalue weighted by Crippen LogP contribution is -2.58. The summed E-state index contributed by atoms with van der Waals surface area (Å²) in [6.07, 6.45) is 0.654. The first-order chi connectivity index (χ1) is 18.4. The smallest absolute Gasteiger partial charge is 0.246 e. The molecule has 0 bridgehead atoms. The van der Waals surface area contributed by atoms with Crippen LogP contribution in [0.1, 0.15) is 64.3 Å². The van der Waals surface area contributed by atoms with Gasteiger partial charge in [0.05, 0.1) is 28.2 Å². The van der Waals surface area contributed by atoms with Gasteiger partial charge in [0.2, 0.25) is 17.7 Å². The normalized spacial score (nSPS) is 22.9. The second-order valence-corrected chi connectivity index (χ2v) is 12.8. The van der Waals surface area contributed by atoms with Gasteiger partial charge in [0.15, 0.2) is 0 Å². The average molecular weight is 556 g/mol. The van der Waals surface area contributed by atoms with E-state index >= 15 is 0 Å². The highest BCUT2D eigenvalue weighted by Crippen LogP contribution is 2.29. The van der Waals surface area contributed by atoms with Gasteiger partial charge in [-0.25, -0.2) is 4.98 Å². The molecule has 9 nitrogen and oxygen atoms in total. The molecule has 1 aromatic carbocycles. The zero-order valence-electron chi connectivity index (χ0n) is 23.5. The number of aromatic nitrogens is 1. The van der Waals surface area contributed by atoms with Crippen molar-refractivity contribution in [1.29, 1.82) is 0 Å². The Bertz CT molecular complexity index is 1170. The maximum atomic E-state index is 13.8. The molecular formula is C29H41N5O4S. The standard InChI is InChI=1S/C29H41N5O4S/c1-17(20-6-8-21(9-7-20)25-18(2)31-16-39-25)32-27(37)23-13-22(35)15-34(23)28(38)26(29(3,4)5)33-24(36)12-19-10-11-30-14-19/h6-9,16-17,19,22-23,26,30,35H,10-15H2,1-5H3,(H,32,37)(H,33,36)/t17?,19?,22-,23+,26?/m1/s1. The second kappa shape index (κ2) is 12.1. The molecule has 212 valence electrons. The fraction of sp³-hybridized carbons (Fsp3) is 0.586. The zero-order valence-corrected chi connectivity index (χ0v) is 24.3. The molecule has 0 saturated carbocycles. The molecule has 0 radical (unpaired) electrons. The summed E-state index contributed by atoms with van der Waals surface area (Å²) in [5.74, 6) is -0.558. The number of carbonyl (C=O) groups excluding carboxylic acids is 3. The van der Waals surface area contributed by atoms with E-state index in [9.17, 15) is 19.5 Å². The highest BCUT2D eigenvalue weighted by Gasteiger charge is 2.44. The lowest BCUT2D eigenvalue weighted by molar-refractivity contribution is -0.144. The number of nitrogens with zero attached hydrogens (tertiary/aromatic N) is 2. The molecule has 1 aromatic heterocycles. The highest BCUT2D eigenvalue weighted by molar-refractivity contribution is 7.13. The molecule has 2 aliphatic rings. The summed E-state index contributed by atoms with van der Waals surface area (Å²) in [5, 5.41) is 19.7. The first-order valence-corrected chi connectivity index (χ1v) is 14.6. The van der Waals surface area contributed by atoms with E-state index in [0.717, 1.165) is 41.2 Å². The van der Waals surface area contributed by atoms with Crippen LogP contribution in [0.4, 0.5) is 0 Å². The van der Waals surface area contributed by atoms with Gasteiger partial charge in [-0.05, 0) is 55.8 Å². The first-order valence-electron chi connectivity index (χ1n) is 13.7. The van der Waals surface area contributed by atoms with Crippen LogP contribution in [0.15, 0.2) is 29.8 Å². The molecule has 4 rings (SSSR count). The van der Waals surface area contributed by atoms with Crippen LogP contribution in [0.2, 0.25) is 0 Å². The lowest BCUT2D eigenvalue weighted by atomic mass is 9.85. The summed E-state index contributed by atoms with van der Waals surface area (Å²) >= 11 is 1.59. The van der Waals surface area contributed by atoms with Gasteiger partial charge < -0.3 is 26.0 Å². The zero-order chi connectivity index (χ0) is 28.3. The van der Waals surface area contributed by atoms with Crippen molar-refractivity contribution in [2.24, 2.45) is 11.3 Å². The van der Waals surface area contributed by atoms with Crippen molar-refractivity contribution in [3.8, 4) is 10.4 Å². The van der Waals surface area contributed by atoms with E-state index in [-0.39, 0.29) is 42.6 Å². The van der Waals surface area contributed by atoms with Gasteiger partial charge in [-0.1, -0.05) is 45.0 Å². The van der Waals surface area contributed by atoms with Crippen molar-refractivity contribution in [3.05, 3.63) is 41.0 Å². The molecule has 0 spiro atoms. The van der Waals surface area contributed by atoms with Crippen LogP contribution in [0.3, 0.4) is 0 Å². The lowest BCUT2D eigenvalue weighted by Gasteiger charge is -2.35. The summed E-state index contributed by atoms with van der Waals surface area (Å²) in [6.45, 7) is 11.3. The number of aliphatic hydroxyl groups is 1. The van der Waals surface area contributed by atoms with Gasteiger partial charge in [-0.3, -0.25) is 14.4 Å². The number of benzene rings is 1. The quantitative estimate of drug-likeness (QED) is 0.397. The van der Waals surface area contributed by atoms with E-state index in [1.165, 1.54) is 4.90 Å². The van der Waals surface area contributed by atoms with Crippen LogP contribution < -0.4 is 16.0 Å². The van der Waals surface area contributed by atoms with Gasteiger partial charge in [0.1, 0.15) is 12.1 Å². The number of carbonyl (C=O) groups is 3.